The van der Waals surface area contributed by atoms with Gasteiger partial charge in [0.05, 0.1) is 0 Å². The molecule has 1 aromatic heterocycles. The van der Waals surface area contributed by atoms with Gasteiger partial charge in [-0.25, -0.2) is 4.98 Å². The molecule has 0 saturated heterocycles. The van der Waals surface area contributed by atoms with Crippen LogP contribution in [0.4, 0.5) is 0 Å². The fourth-order valence-electron chi connectivity index (χ4n) is 1.90. The Morgan fingerprint density at radius 1 is 1.20 bits per heavy atom. The summed E-state index contributed by atoms with van der Waals surface area (Å²) in [5, 5.41) is 1.46. The normalized spacial score (nSPS) is 24.1. The van der Waals surface area contributed by atoms with Crippen LogP contribution in [0.15, 0.2) is 30.3 Å². The molecule has 1 fully saturated rings. The third kappa shape index (κ3) is 1.77. The molecule has 0 bridgehead atoms. The molecule has 1 aliphatic rings. The standard InChI is InChI=1S/C11H9ClN2S/c12-11-13-10(15-14-11)9-6-8(9)7-4-2-1-3-5-7/h1-5,8-9H,6H2. The quantitative estimate of drug-likeness (QED) is 0.798. The topological polar surface area (TPSA) is 25.8 Å². The van der Waals surface area contributed by atoms with E-state index in [0.29, 0.717) is 17.1 Å². The summed E-state index contributed by atoms with van der Waals surface area (Å²) in [6.45, 7) is 0. The van der Waals surface area contributed by atoms with Crippen LogP contribution in [0, 0.1) is 0 Å². The molecule has 1 saturated carbocycles. The molecule has 1 aromatic carbocycles. The van der Waals surface area contributed by atoms with Gasteiger partial charge in [-0.2, -0.15) is 4.37 Å². The Morgan fingerprint density at radius 2 is 2.00 bits per heavy atom. The van der Waals surface area contributed by atoms with Crippen molar-refractivity contribution in [2.24, 2.45) is 0 Å². The number of nitrogens with zero attached hydrogens (tertiary/aromatic N) is 2. The molecule has 0 spiro atoms. The fraction of sp³-hybridized carbons (Fsp3) is 0.273. The van der Waals surface area contributed by atoms with Gasteiger partial charge in [0, 0.05) is 5.92 Å². The lowest BCUT2D eigenvalue weighted by molar-refractivity contribution is 1.00. The number of aromatic nitrogens is 2. The van der Waals surface area contributed by atoms with Crippen molar-refractivity contribution in [2.45, 2.75) is 18.3 Å². The van der Waals surface area contributed by atoms with Crippen LogP contribution in [0.25, 0.3) is 0 Å². The van der Waals surface area contributed by atoms with E-state index in [1.165, 1.54) is 23.5 Å². The summed E-state index contributed by atoms with van der Waals surface area (Å²) in [6, 6.07) is 10.6. The molecule has 2 nitrogen and oxygen atoms in total. The zero-order chi connectivity index (χ0) is 10.3. The minimum Gasteiger partial charge on any atom is -0.209 e. The van der Waals surface area contributed by atoms with Crippen molar-refractivity contribution in [3.63, 3.8) is 0 Å². The molecule has 0 aliphatic heterocycles. The molecule has 1 aliphatic carbocycles. The SMILES string of the molecule is Clc1nsc(C2CC2c2ccccc2)n1. The number of benzene rings is 1. The summed E-state index contributed by atoms with van der Waals surface area (Å²) in [5.41, 5.74) is 1.40. The second-order valence-corrected chi connectivity index (χ2v) is 4.88. The van der Waals surface area contributed by atoms with E-state index in [2.05, 4.69) is 33.6 Å². The van der Waals surface area contributed by atoms with Gasteiger partial charge >= 0.3 is 0 Å². The highest BCUT2D eigenvalue weighted by molar-refractivity contribution is 7.05. The molecule has 2 unspecified atom stereocenters. The molecule has 1 heterocycles. The van der Waals surface area contributed by atoms with Gasteiger partial charge in [0.2, 0.25) is 5.28 Å². The Bertz CT molecular complexity index is 468. The first-order valence-corrected chi connectivity index (χ1v) is 6.04. The fourth-order valence-corrected chi connectivity index (χ4v) is 2.88. The molecule has 2 atom stereocenters. The number of hydrogen-bond acceptors (Lipinski definition) is 3. The second-order valence-electron chi connectivity index (χ2n) is 3.76. The molecule has 76 valence electrons. The maximum absolute atomic E-state index is 5.71. The average molecular weight is 237 g/mol. The third-order valence-corrected chi connectivity index (χ3v) is 3.87. The molecular formula is C11H9ClN2S. The Morgan fingerprint density at radius 3 is 2.67 bits per heavy atom. The first-order chi connectivity index (χ1) is 7.34. The van der Waals surface area contributed by atoms with Gasteiger partial charge in [-0.05, 0) is 41.0 Å². The number of halogens is 1. The Kier molecular flexibility index (Phi) is 2.22. The third-order valence-electron chi connectivity index (χ3n) is 2.75. The van der Waals surface area contributed by atoms with E-state index in [4.69, 9.17) is 11.6 Å². The Balaban J connectivity index is 1.80. The largest absolute Gasteiger partial charge is 0.234 e. The predicted molar refractivity (Wildman–Crippen MR) is 61.5 cm³/mol. The highest BCUT2D eigenvalue weighted by Crippen LogP contribution is 2.54. The zero-order valence-electron chi connectivity index (χ0n) is 7.93. The summed E-state index contributed by atoms with van der Waals surface area (Å²) < 4.78 is 4.00. The monoisotopic (exact) mass is 236 g/mol. The predicted octanol–water partition coefficient (Wildman–Crippen LogP) is 3.46. The highest BCUT2D eigenvalue weighted by Gasteiger charge is 2.41. The molecule has 2 aromatic rings. The van der Waals surface area contributed by atoms with Crippen LogP contribution in [0.1, 0.15) is 28.8 Å². The van der Waals surface area contributed by atoms with Gasteiger partial charge < -0.3 is 0 Å². The van der Waals surface area contributed by atoms with E-state index in [0.717, 1.165) is 5.01 Å². The van der Waals surface area contributed by atoms with E-state index in [1.54, 1.807) is 0 Å². The Hall–Kier alpha value is -0.930. The Labute approximate surface area is 97.1 Å². The lowest BCUT2D eigenvalue weighted by atomic mass is 10.1. The lowest BCUT2D eigenvalue weighted by Crippen LogP contribution is -1.82. The summed E-state index contributed by atoms with van der Waals surface area (Å²) in [5.74, 6) is 1.16. The maximum atomic E-state index is 5.71. The molecule has 0 N–H and O–H groups in total. The minimum absolute atomic E-state index is 0.383. The van der Waals surface area contributed by atoms with Crippen LogP contribution in [0.5, 0.6) is 0 Å². The van der Waals surface area contributed by atoms with Crippen LogP contribution in [-0.2, 0) is 0 Å². The van der Waals surface area contributed by atoms with E-state index in [9.17, 15) is 0 Å². The van der Waals surface area contributed by atoms with E-state index in [-0.39, 0.29) is 0 Å². The van der Waals surface area contributed by atoms with Crippen LogP contribution < -0.4 is 0 Å². The molecule has 15 heavy (non-hydrogen) atoms. The van der Waals surface area contributed by atoms with Gasteiger partial charge in [0.25, 0.3) is 0 Å². The highest BCUT2D eigenvalue weighted by atomic mass is 35.5. The maximum Gasteiger partial charge on any atom is 0.234 e. The van der Waals surface area contributed by atoms with Crippen molar-refractivity contribution in [2.75, 3.05) is 0 Å². The average Bonchev–Trinajstić information content (AvgIpc) is 2.96. The van der Waals surface area contributed by atoms with E-state index >= 15 is 0 Å². The van der Waals surface area contributed by atoms with Crippen LogP contribution in [0.2, 0.25) is 5.28 Å². The van der Waals surface area contributed by atoms with Crippen molar-refractivity contribution in [1.82, 2.24) is 9.36 Å². The summed E-state index contributed by atoms with van der Waals surface area (Å²) in [6.07, 6.45) is 1.18. The number of hydrogen-bond donors (Lipinski definition) is 0. The van der Waals surface area contributed by atoms with Gasteiger partial charge in [-0.15, -0.1) is 0 Å². The minimum atomic E-state index is 0.383. The van der Waals surface area contributed by atoms with Crippen LogP contribution in [-0.4, -0.2) is 9.36 Å². The lowest BCUT2D eigenvalue weighted by Gasteiger charge is -1.96. The van der Waals surface area contributed by atoms with E-state index < -0.39 is 0 Å². The number of rotatable bonds is 2. The van der Waals surface area contributed by atoms with Crippen molar-refractivity contribution >= 4 is 23.1 Å². The molecular weight excluding hydrogens is 228 g/mol. The van der Waals surface area contributed by atoms with Crippen LogP contribution >= 0.6 is 23.1 Å². The summed E-state index contributed by atoms with van der Waals surface area (Å²) in [7, 11) is 0. The molecule has 4 heteroatoms. The first-order valence-electron chi connectivity index (χ1n) is 4.88. The summed E-state index contributed by atoms with van der Waals surface area (Å²) in [4.78, 5) is 4.22. The van der Waals surface area contributed by atoms with Crippen molar-refractivity contribution in [3.05, 3.63) is 46.2 Å². The second kappa shape index (κ2) is 3.58. The van der Waals surface area contributed by atoms with Crippen molar-refractivity contribution < 1.29 is 0 Å². The van der Waals surface area contributed by atoms with Crippen molar-refractivity contribution in [1.29, 1.82) is 0 Å². The van der Waals surface area contributed by atoms with Crippen molar-refractivity contribution in [3.8, 4) is 0 Å². The van der Waals surface area contributed by atoms with E-state index in [1.807, 2.05) is 6.07 Å². The smallest absolute Gasteiger partial charge is 0.209 e. The zero-order valence-corrected chi connectivity index (χ0v) is 9.50. The first kappa shape index (κ1) is 9.31. The van der Waals surface area contributed by atoms with Gasteiger partial charge in [0.15, 0.2) is 0 Å². The summed E-state index contributed by atoms with van der Waals surface area (Å²) >= 11 is 7.14. The van der Waals surface area contributed by atoms with Gasteiger partial charge in [0.1, 0.15) is 5.01 Å². The van der Waals surface area contributed by atoms with Gasteiger partial charge in [-0.3, -0.25) is 0 Å². The van der Waals surface area contributed by atoms with Gasteiger partial charge in [-0.1, -0.05) is 30.3 Å². The molecule has 0 amide bonds. The van der Waals surface area contributed by atoms with Crippen LogP contribution in [0.3, 0.4) is 0 Å². The molecule has 0 radical (unpaired) electrons. The molecule has 3 rings (SSSR count).